The quantitative estimate of drug-likeness (QED) is 0.0815. The highest BCUT2D eigenvalue weighted by Crippen LogP contribution is 2.47. The molecule has 11 rings (SSSR count). The number of carbonyl (C=O) groups excluding carboxylic acids is 3. The maximum atomic E-state index is 14.4. The molecule has 6 heterocycles. The Hall–Kier alpha value is -3.23. The Bertz CT molecular complexity index is 2430. The Kier molecular flexibility index (Phi) is 17.4. The van der Waals surface area contributed by atoms with Crippen molar-refractivity contribution < 1.29 is 71.6 Å². The van der Waals surface area contributed by atoms with Crippen molar-refractivity contribution in [3.63, 3.8) is 0 Å². The van der Waals surface area contributed by atoms with Crippen molar-refractivity contribution in [1.82, 2.24) is 30.4 Å². The SMILES string of the molecule is COC1=C(OCC2=C[C@@H](CSC3C[C@@H](O)N(CCCC(=O)ON4C(O)C(S(=O)(=O)O)C[C@@H]4O)[C@H]3O)C[C@@H](COC3=C(OC)C[C@@H]4C(=O)N5[C@H](CN[C@@H]4C3)C[C@H]3CCCC[C@H]35)C2)CC2NC[C@@H]3C[C@@H]4CCCC[C@@H]4N3C(=O)[C@@H]2C1. The molecule has 23 heteroatoms. The predicted octanol–water partition coefficient (Wildman–Crippen LogP) is 3.05. The van der Waals surface area contributed by atoms with Crippen LogP contribution < -0.4 is 10.6 Å². The highest BCUT2D eigenvalue weighted by atomic mass is 32.2. The van der Waals surface area contributed by atoms with Gasteiger partial charge < -0.3 is 64.6 Å². The second-order valence-corrected chi connectivity index (χ2v) is 27.4. The van der Waals surface area contributed by atoms with Gasteiger partial charge in [0.05, 0.1) is 32.7 Å². The molecule has 0 radical (unpaired) electrons. The van der Waals surface area contributed by atoms with Gasteiger partial charge in [0, 0.05) is 112 Å². The lowest BCUT2D eigenvalue weighted by Gasteiger charge is -2.37. The average molecular weight is 1130 g/mol. The summed E-state index contributed by atoms with van der Waals surface area (Å²) >= 11 is 1.58. The zero-order valence-corrected chi connectivity index (χ0v) is 46.9. The van der Waals surface area contributed by atoms with Gasteiger partial charge in [-0.25, -0.2) is 0 Å². The standard InChI is InChI=1S/C55H84N6O15S2/c1-72-43-19-37-39(56-25-35-17-33-8-3-5-10-41(33)59(35)52(37)65)21-45(43)74-27-30-14-31(28-75-46-22-40-38(20-44(46)73-2)53(66)60-36(26-57-40)18-34-9-4-6-11-42(34)60)16-32(15-30)29-77-47-23-49(62)58(54(47)67)13-7-12-51(64)76-61-50(63)24-48(55(61)68)78(69,70)71/h15,31-42,47-50,54-57,62-63,67-68H,3-14,16-29H2,1-2H3,(H,69,70,71)/t31-,32+,33-,34+,35-,36-,37+,38-,39?,40+,41-,42+,47?,48?,49+,50-,54-,55?/m0/s1. The van der Waals surface area contributed by atoms with Crippen LogP contribution in [0.1, 0.15) is 128 Å². The summed E-state index contributed by atoms with van der Waals surface area (Å²) in [6.45, 7) is 2.48. The van der Waals surface area contributed by atoms with Crippen LogP contribution in [0.15, 0.2) is 34.7 Å². The molecule has 4 unspecified atom stereocenters. The molecule has 6 saturated heterocycles. The Morgan fingerprint density at radius 2 is 1.31 bits per heavy atom. The normalized spacial score (nSPS) is 40.3. The maximum Gasteiger partial charge on any atom is 0.325 e. The van der Waals surface area contributed by atoms with Gasteiger partial charge in [-0.15, -0.1) is 0 Å². The first kappa shape index (κ1) is 56.6. The van der Waals surface area contributed by atoms with Gasteiger partial charge in [0.15, 0.2) is 6.23 Å². The van der Waals surface area contributed by atoms with Crippen LogP contribution in [-0.2, 0) is 48.3 Å². The maximum absolute atomic E-state index is 14.4. The molecule has 2 amide bonds. The number of carbonyl (C=O) groups is 3. The molecule has 436 valence electrons. The van der Waals surface area contributed by atoms with Crippen LogP contribution in [0.5, 0.6) is 0 Å². The van der Waals surface area contributed by atoms with Gasteiger partial charge in [-0.05, 0) is 87.0 Å². The molecule has 2 saturated carbocycles. The van der Waals surface area contributed by atoms with E-state index in [1.807, 2.05) is 0 Å². The van der Waals surface area contributed by atoms with Gasteiger partial charge in [-0.1, -0.05) is 36.8 Å². The number of aliphatic hydroxyl groups is 4. The van der Waals surface area contributed by atoms with Crippen LogP contribution >= 0.6 is 11.8 Å². The van der Waals surface area contributed by atoms with E-state index in [1.54, 1.807) is 26.0 Å². The monoisotopic (exact) mass is 1130 g/mol. The number of allylic oxidation sites excluding steroid dienone is 3. The summed E-state index contributed by atoms with van der Waals surface area (Å²) in [4.78, 5) is 52.5. The van der Waals surface area contributed by atoms with Gasteiger partial charge >= 0.3 is 5.97 Å². The van der Waals surface area contributed by atoms with Crippen LogP contribution in [0.4, 0.5) is 0 Å². The third-order valence-electron chi connectivity index (χ3n) is 19.8. The number of thioether (sulfide) groups is 1. The van der Waals surface area contributed by atoms with Crippen LogP contribution in [0.2, 0.25) is 0 Å². The number of rotatable bonds is 17. The molecule has 5 aliphatic carbocycles. The number of hydrogen-bond donors (Lipinski definition) is 7. The summed E-state index contributed by atoms with van der Waals surface area (Å²) in [5.74, 6) is 4.24. The molecule has 18 atom stereocenters. The molecule has 8 fully saturated rings. The first-order chi connectivity index (χ1) is 37.6. The van der Waals surface area contributed by atoms with E-state index in [2.05, 4.69) is 26.5 Å². The molecule has 6 aliphatic heterocycles. The van der Waals surface area contributed by atoms with Crippen LogP contribution in [-0.4, -0.2) is 195 Å². The molecule has 11 aliphatic rings. The largest absolute Gasteiger partial charge is 0.498 e. The second kappa shape index (κ2) is 23.9. The van der Waals surface area contributed by atoms with E-state index in [1.165, 1.54) is 43.4 Å². The van der Waals surface area contributed by atoms with Crippen molar-refractivity contribution >= 4 is 39.7 Å². The lowest BCUT2D eigenvalue weighted by Crippen LogP contribution is -2.48. The molecule has 0 spiro atoms. The number of nitrogens with one attached hydrogen (secondary N) is 2. The molecule has 0 aromatic rings. The highest BCUT2D eigenvalue weighted by molar-refractivity contribution is 8.00. The van der Waals surface area contributed by atoms with Crippen molar-refractivity contribution in [2.75, 3.05) is 52.8 Å². The number of amides is 2. The minimum absolute atomic E-state index is 0.0424. The lowest BCUT2D eigenvalue weighted by molar-refractivity contribution is -0.261. The number of aliphatic hydroxyl groups excluding tert-OH is 4. The first-order valence-electron chi connectivity index (χ1n) is 29.2. The molecule has 0 aromatic heterocycles. The van der Waals surface area contributed by atoms with Crippen molar-refractivity contribution in [2.45, 2.75) is 200 Å². The van der Waals surface area contributed by atoms with Gasteiger partial charge in [-0.3, -0.25) is 23.8 Å². The fourth-order valence-electron chi connectivity index (χ4n) is 15.9. The van der Waals surface area contributed by atoms with E-state index in [0.717, 1.165) is 80.2 Å². The Labute approximate surface area is 462 Å². The summed E-state index contributed by atoms with van der Waals surface area (Å²) in [5.41, 5.74) is 1.12. The van der Waals surface area contributed by atoms with Gasteiger partial charge in [0.1, 0.15) is 53.6 Å². The smallest absolute Gasteiger partial charge is 0.325 e. The molecular weight excluding hydrogens is 1050 g/mol. The van der Waals surface area contributed by atoms with E-state index in [0.29, 0.717) is 73.6 Å². The molecule has 78 heavy (non-hydrogen) atoms. The summed E-state index contributed by atoms with van der Waals surface area (Å²) in [6, 6.07) is 1.04. The number of fused-ring (bicyclic) bond motifs is 8. The second-order valence-electron chi connectivity index (χ2n) is 24.5. The van der Waals surface area contributed by atoms with E-state index < -0.39 is 52.7 Å². The number of hydroxylamine groups is 2. The predicted molar refractivity (Wildman–Crippen MR) is 284 cm³/mol. The minimum Gasteiger partial charge on any atom is -0.498 e. The highest BCUT2D eigenvalue weighted by Gasteiger charge is 2.53. The van der Waals surface area contributed by atoms with Crippen molar-refractivity contribution in [1.29, 1.82) is 0 Å². The first-order valence-corrected chi connectivity index (χ1v) is 31.7. The Morgan fingerprint density at radius 3 is 1.88 bits per heavy atom. The summed E-state index contributed by atoms with van der Waals surface area (Å²) in [7, 11) is -1.38. The Morgan fingerprint density at radius 1 is 0.718 bits per heavy atom. The third-order valence-corrected chi connectivity index (χ3v) is 22.5. The minimum atomic E-state index is -4.71. The number of methoxy groups -OCH3 is 2. The molecule has 21 nitrogen and oxygen atoms in total. The lowest BCUT2D eigenvalue weighted by atomic mass is 9.82. The van der Waals surface area contributed by atoms with Crippen LogP contribution in [0.25, 0.3) is 0 Å². The van der Waals surface area contributed by atoms with Crippen LogP contribution in [0, 0.1) is 35.5 Å². The zero-order chi connectivity index (χ0) is 54.6. The summed E-state index contributed by atoms with van der Waals surface area (Å²) < 4.78 is 58.3. The number of ether oxygens (including phenoxy) is 4. The topological polar surface area (TPSA) is 270 Å². The fraction of sp³-hybridized carbons (Fsp3) is 0.836. The van der Waals surface area contributed by atoms with Crippen molar-refractivity contribution in [3.05, 3.63) is 34.7 Å². The van der Waals surface area contributed by atoms with E-state index in [4.69, 9.17) is 23.8 Å². The fourth-order valence-corrected chi connectivity index (χ4v) is 18.2. The summed E-state index contributed by atoms with van der Waals surface area (Å²) in [5, 5.41) is 49.1. The van der Waals surface area contributed by atoms with Crippen molar-refractivity contribution in [3.8, 4) is 0 Å². The van der Waals surface area contributed by atoms with E-state index in [9.17, 15) is 47.8 Å². The van der Waals surface area contributed by atoms with Crippen LogP contribution in [0.3, 0.4) is 0 Å². The zero-order valence-electron chi connectivity index (χ0n) is 45.3. The number of nitrogens with zero attached hydrogens (tertiary/aromatic N) is 4. The van der Waals surface area contributed by atoms with Gasteiger partial charge in [0.2, 0.25) is 11.8 Å². The molecule has 0 aromatic carbocycles. The molecule has 0 bridgehead atoms. The number of hydrogen-bond acceptors (Lipinski definition) is 19. The third kappa shape index (κ3) is 11.6. The van der Waals surface area contributed by atoms with E-state index in [-0.39, 0.29) is 90.7 Å². The molecule has 7 N–H and O–H groups in total. The number of likely N-dealkylation sites (tertiary alicyclic amines) is 1. The van der Waals surface area contributed by atoms with E-state index >= 15 is 0 Å². The summed E-state index contributed by atoms with van der Waals surface area (Å²) in [6.07, 6.45) is 11.6. The van der Waals surface area contributed by atoms with Crippen molar-refractivity contribution in [2.24, 2.45) is 35.5 Å². The average Bonchev–Trinajstić information content (AvgIpc) is 4.14. The Balaban J connectivity index is 0.738. The van der Waals surface area contributed by atoms with Gasteiger partial charge in [-0.2, -0.15) is 20.2 Å². The van der Waals surface area contributed by atoms with Gasteiger partial charge in [0.25, 0.3) is 10.1 Å². The molecular formula is C55H84N6O15S2.